The van der Waals surface area contributed by atoms with Gasteiger partial charge in [0.05, 0.1) is 4.90 Å². The zero-order chi connectivity index (χ0) is 17.6. The molecular weight excluding hydrogens is 331 g/mol. The fourth-order valence-corrected chi connectivity index (χ4v) is 4.19. The number of carbonyl (C=O) groups excluding carboxylic acids is 1. The van der Waals surface area contributed by atoms with Crippen LogP contribution in [0.2, 0.25) is 0 Å². The summed E-state index contributed by atoms with van der Waals surface area (Å²) in [4.78, 5) is 13.7. The Morgan fingerprint density at radius 3 is 2.29 bits per heavy atom. The van der Waals surface area contributed by atoms with Crippen LogP contribution in [0.5, 0.6) is 0 Å². The Labute approximate surface area is 143 Å². The van der Waals surface area contributed by atoms with E-state index >= 15 is 0 Å². The molecule has 0 aliphatic heterocycles. The molecule has 0 aromatic heterocycles. The number of benzene rings is 1. The molecule has 24 heavy (non-hydrogen) atoms. The average Bonchev–Trinajstić information content (AvgIpc) is 2.80. The van der Waals surface area contributed by atoms with Gasteiger partial charge in [-0.1, -0.05) is 25.7 Å². The Kier molecular flexibility index (Phi) is 6.74. The van der Waals surface area contributed by atoms with Crippen LogP contribution < -0.4 is 4.72 Å². The van der Waals surface area contributed by atoms with Crippen LogP contribution in [0.25, 0.3) is 0 Å². The Morgan fingerprint density at radius 1 is 1.17 bits per heavy atom. The third kappa shape index (κ3) is 5.27. The minimum Gasteiger partial charge on any atom is -0.339 e. The van der Waals surface area contributed by atoms with Crippen molar-refractivity contribution >= 4 is 15.9 Å². The molecule has 1 aromatic rings. The number of hydrogen-bond donors (Lipinski definition) is 1. The van der Waals surface area contributed by atoms with Gasteiger partial charge >= 0.3 is 0 Å². The molecule has 1 aromatic carbocycles. The third-order valence-corrected chi connectivity index (χ3v) is 5.92. The quantitative estimate of drug-likeness (QED) is 0.797. The maximum atomic E-state index is 12.9. The minimum absolute atomic E-state index is 0.0211. The lowest BCUT2D eigenvalue weighted by Gasteiger charge is -2.30. The molecule has 1 N–H and O–H groups in total. The van der Waals surface area contributed by atoms with Gasteiger partial charge < -0.3 is 4.90 Å². The summed E-state index contributed by atoms with van der Waals surface area (Å²) in [5.74, 6) is -0.507. The van der Waals surface area contributed by atoms with E-state index in [4.69, 9.17) is 0 Å². The van der Waals surface area contributed by atoms with E-state index in [1.54, 1.807) is 4.90 Å². The summed E-state index contributed by atoms with van der Waals surface area (Å²) in [6, 6.07) is 4.88. The first kappa shape index (κ1) is 18.9. The lowest BCUT2D eigenvalue weighted by atomic mass is 10.1. The highest BCUT2D eigenvalue weighted by molar-refractivity contribution is 7.89. The van der Waals surface area contributed by atoms with Gasteiger partial charge in [-0.05, 0) is 37.1 Å². The highest BCUT2D eigenvalue weighted by Gasteiger charge is 2.22. The Bertz CT molecular complexity index is 638. The molecule has 1 aliphatic carbocycles. The fourth-order valence-electron chi connectivity index (χ4n) is 3.16. The van der Waals surface area contributed by atoms with Crippen LogP contribution in [0, 0.1) is 5.82 Å². The minimum atomic E-state index is -3.69. The summed E-state index contributed by atoms with van der Waals surface area (Å²) in [6.07, 6.45) is 6.55. The smallest absolute Gasteiger partial charge is 0.240 e. The van der Waals surface area contributed by atoms with Crippen LogP contribution in [-0.4, -0.2) is 38.4 Å². The Balaban J connectivity index is 1.94. The van der Waals surface area contributed by atoms with Gasteiger partial charge in [0.15, 0.2) is 0 Å². The summed E-state index contributed by atoms with van der Waals surface area (Å²) in [6.45, 7) is 2.02. The number of amides is 1. The highest BCUT2D eigenvalue weighted by atomic mass is 32.2. The van der Waals surface area contributed by atoms with E-state index in [1.165, 1.54) is 31.9 Å². The molecule has 0 radical (unpaired) electrons. The second kappa shape index (κ2) is 8.58. The topological polar surface area (TPSA) is 66.5 Å². The molecule has 1 amide bonds. The molecule has 2 rings (SSSR count). The van der Waals surface area contributed by atoms with Gasteiger partial charge in [-0.3, -0.25) is 4.79 Å². The summed E-state index contributed by atoms with van der Waals surface area (Å²) >= 11 is 0. The van der Waals surface area contributed by atoms with Gasteiger partial charge in [-0.2, -0.15) is 0 Å². The van der Waals surface area contributed by atoms with E-state index in [-0.39, 0.29) is 23.4 Å². The van der Waals surface area contributed by atoms with Gasteiger partial charge in [-0.15, -0.1) is 0 Å². The fraction of sp³-hybridized carbons (Fsp3) is 0.588. The van der Waals surface area contributed by atoms with E-state index in [0.717, 1.165) is 37.8 Å². The van der Waals surface area contributed by atoms with E-state index in [2.05, 4.69) is 4.72 Å². The lowest BCUT2D eigenvalue weighted by molar-refractivity contribution is -0.131. The van der Waals surface area contributed by atoms with Crippen molar-refractivity contribution in [3.8, 4) is 0 Å². The molecule has 134 valence electrons. The number of nitrogens with one attached hydrogen (secondary N) is 1. The zero-order valence-electron chi connectivity index (χ0n) is 14.0. The number of nitrogens with zero attached hydrogens (tertiary/aromatic N) is 1. The largest absolute Gasteiger partial charge is 0.339 e. The first-order chi connectivity index (χ1) is 11.4. The molecule has 0 atom stereocenters. The van der Waals surface area contributed by atoms with Crippen LogP contribution >= 0.6 is 0 Å². The maximum absolute atomic E-state index is 12.9. The van der Waals surface area contributed by atoms with Crippen LogP contribution in [0.3, 0.4) is 0 Å². The van der Waals surface area contributed by atoms with Crippen LogP contribution in [0.1, 0.15) is 45.4 Å². The van der Waals surface area contributed by atoms with Gasteiger partial charge in [0.1, 0.15) is 5.82 Å². The lowest BCUT2D eigenvalue weighted by Crippen LogP contribution is -2.43. The number of hydrogen-bond acceptors (Lipinski definition) is 3. The van der Waals surface area contributed by atoms with E-state index < -0.39 is 15.8 Å². The molecular formula is C17H25FN2O3S. The van der Waals surface area contributed by atoms with Gasteiger partial charge in [-0.25, -0.2) is 17.5 Å². The molecule has 7 heteroatoms. The second-order valence-corrected chi connectivity index (χ2v) is 7.98. The average molecular weight is 356 g/mol. The van der Waals surface area contributed by atoms with Gasteiger partial charge in [0.25, 0.3) is 0 Å². The summed E-state index contributed by atoms with van der Waals surface area (Å²) < 4.78 is 39.8. The zero-order valence-corrected chi connectivity index (χ0v) is 14.8. The molecule has 0 saturated heterocycles. The number of halogens is 1. The normalized spacial score (nSPS) is 16.6. The van der Waals surface area contributed by atoms with E-state index in [0.29, 0.717) is 6.54 Å². The van der Waals surface area contributed by atoms with Crippen molar-refractivity contribution in [2.45, 2.75) is 56.4 Å². The highest BCUT2D eigenvalue weighted by Crippen LogP contribution is 2.22. The predicted molar refractivity (Wildman–Crippen MR) is 90.5 cm³/mol. The molecule has 0 unspecified atom stereocenters. The molecule has 1 fully saturated rings. The third-order valence-electron chi connectivity index (χ3n) is 4.44. The van der Waals surface area contributed by atoms with Gasteiger partial charge in [0, 0.05) is 26.1 Å². The van der Waals surface area contributed by atoms with Crippen molar-refractivity contribution in [1.29, 1.82) is 0 Å². The molecule has 0 heterocycles. The first-order valence-electron chi connectivity index (χ1n) is 8.42. The monoisotopic (exact) mass is 356 g/mol. The van der Waals surface area contributed by atoms with Crippen molar-refractivity contribution in [3.63, 3.8) is 0 Å². The van der Waals surface area contributed by atoms with Gasteiger partial charge in [0.2, 0.25) is 15.9 Å². The van der Waals surface area contributed by atoms with Crippen molar-refractivity contribution in [3.05, 3.63) is 30.1 Å². The van der Waals surface area contributed by atoms with Crippen LogP contribution in [0.15, 0.2) is 29.2 Å². The molecule has 5 nitrogen and oxygen atoms in total. The van der Waals surface area contributed by atoms with Crippen molar-refractivity contribution < 1.29 is 17.6 Å². The second-order valence-electron chi connectivity index (χ2n) is 6.21. The molecule has 1 aliphatic rings. The van der Waals surface area contributed by atoms with E-state index in [9.17, 15) is 17.6 Å². The SMILES string of the molecule is CC(=O)N(CCNS(=O)(=O)c1ccc(F)cc1)C1CCCCCC1. The molecule has 1 saturated carbocycles. The summed E-state index contributed by atoms with van der Waals surface area (Å²) in [5, 5.41) is 0. The summed E-state index contributed by atoms with van der Waals surface area (Å²) in [7, 11) is -3.69. The van der Waals surface area contributed by atoms with E-state index in [1.807, 2.05) is 0 Å². The summed E-state index contributed by atoms with van der Waals surface area (Å²) in [5.41, 5.74) is 0. The van der Waals surface area contributed by atoms with Crippen LogP contribution in [0.4, 0.5) is 4.39 Å². The molecule has 0 spiro atoms. The van der Waals surface area contributed by atoms with Crippen molar-refractivity contribution in [1.82, 2.24) is 9.62 Å². The molecule has 0 bridgehead atoms. The number of sulfonamides is 1. The van der Waals surface area contributed by atoms with Crippen molar-refractivity contribution in [2.75, 3.05) is 13.1 Å². The number of rotatable bonds is 6. The van der Waals surface area contributed by atoms with Crippen LogP contribution in [-0.2, 0) is 14.8 Å². The standard InChI is InChI=1S/C17H25FN2O3S/c1-14(21)20(16-6-4-2-3-5-7-16)13-12-19-24(22,23)17-10-8-15(18)9-11-17/h8-11,16,19H,2-7,12-13H2,1H3. The number of carbonyl (C=O) groups is 1. The Morgan fingerprint density at radius 2 is 1.75 bits per heavy atom. The maximum Gasteiger partial charge on any atom is 0.240 e. The van der Waals surface area contributed by atoms with Crippen molar-refractivity contribution in [2.24, 2.45) is 0 Å². The first-order valence-corrected chi connectivity index (χ1v) is 9.91. The predicted octanol–water partition coefficient (Wildman–Crippen LogP) is 2.68. The Hall–Kier alpha value is -1.47.